The van der Waals surface area contributed by atoms with Crippen LogP contribution in [0.25, 0.3) is 0 Å². The summed E-state index contributed by atoms with van der Waals surface area (Å²) in [6.07, 6.45) is 8.92. The zero-order chi connectivity index (χ0) is 11.9. The Bertz CT molecular complexity index is 236. The molecule has 2 fully saturated rings. The molecule has 1 saturated carbocycles. The molecule has 1 aliphatic heterocycles. The lowest BCUT2D eigenvalue weighted by molar-refractivity contribution is -0.120. The molecule has 98 valence electrons. The smallest absolute Gasteiger partial charge is 0.234 e. The molecule has 2 aliphatic rings. The van der Waals surface area contributed by atoms with Crippen LogP contribution in [0.3, 0.4) is 0 Å². The van der Waals surface area contributed by atoms with Crippen molar-refractivity contribution in [3.63, 3.8) is 0 Å². The number of carbonyl (C=O) groups is 1. The largest absolute Gasteiger partial charge is 0.352 e. The molecule has 1 aliphatic carbocycles. The zero-order valence-corrected chi connectivity index (χ0v) is 11.4. The first-order valence-electron chi connectivity index (χ1n) is 6.96. The summed E-state index contributed by atoms with van der Waals surface area (Å²) in [5.74, 6) is 1.47. The van der Waals surface area contributed by atoms with E-state index >= 15 is 0 Å². The molecule has 1 amide bonds. The summed E-state index contributed by atoms with van der Waals surface area (Å²) in [7, 11) is 0. The van der Waals surface area contributed by atoms with Gasteiger partial charge in [0.05, 0.1) is 6.54 Å². The van der Waals surface area contributed by atoms with E-state index in [1.807, 2.05) is 0 Å². The second-order valence-corrected chi connectivity index (χ2v) is 6.58. The van der Waals surface area contributed by atoms with Crippen LogP contribution in [-0.2, 0) is 4.79 Å². The van der Waals surface area contributed by atoms with Crippen molar-refractivity contribution in [2.75, 3.05) is 18.8 Å². The summed E-state index contributed by atoms with van der Waals surface area (Å²) in [6, 6.07) is 0.452. The van der Waals surface area contributed by atoms with Crippen molar-refractivity contribution in [3.05, 3.63) is 0 Å². The first-order chi connectivity index (χ1) is 8.34. The molecule has 1 saturated heterocycles. The van der Waals surface area contributed by atoms with Crippen LogP contribution in [0, 0.1) is 0 Å². The number of rotatable bonds is 5. The number of nitrogens with one attached hydrogen (secondary N) is 2. The maximum atomic E-state index is 11.7. The normalized spacial score (nSPS) is 26.0. The third kappa shape index (κ3) is 4.88. The van der Waals surface area contributed by atoms with E-state index in [0.29, 0.717) is 12.6 Å². The topological polar surface area (TPSA) is 41.1 Å². The predicted octanol–water partition coefficient (Wildman–Crippen LogP) is 1.92. The minimum Gasteiger partial charge on any atom is -0.352 e. The van der Waals surface area contributed by atoms with Crippen LogP contribution in [0.15, 0.2) is 0 Å². The minimum atomic E-state index is 0.178. The monoisotopic (exact) mass is 256 g/mol. The lowest BCUT2D eigenvalue weighted by Crippen LogP contribution is -2.40. The van der Waals surface area contributed by atoms with Gasteiger partial charge in [-0.2, -0.15) is 11.8 Å². The second-order valence-electron chi connectivity index (χ2n) is 5.17. The van der Waals surface area contributed by atoms with Gasteiger partial charge >= 0.3 is 0 Å². The maximum absolute atomic E-state index is 11.7. The standard InChI is InChI=1S/C13H24N2OS/c16-13(15-11-5-1-2-6-11)10-14-9-12-7-3-4-8-17-12/h11-12,14H,1-10H2,(H,15,16). The molecule has 1 heterocycles. The van der Waals surface area contributed by atoms with Crippen molar-refractivity contribution < 1.29 is 4.79 Å². The molecule has 0 spiro atoms. The van der Waals surface area contributed by atoms with Crippen LogP contribution in [0.2, 0.25) is 0 Å². The van der Waals surface area contributed by atoms with Gasteiger partial charge < -0.3 is 10.6 Å². The average Bonchev–Trinajstić information content (AvgIpc) is 2.83. The van der Waals surface area contributed by atoms with Gasteiger partial charge in [0.2, 0.25) is 5.91 Å². The van der Waals surface area contributed by atoms with Gasteiger partial charge in [0.25, 0.3) is 0 Å². The van der Waals surface area contributed by atoms with Gasteiger partial charge in [-0.25, -0.2) is 0 Å². The summed E-state index contributed by atoms with van der Waals surface area (Å²) in [5.41, 5.74) is 0. The van der Waals surface area contributed by atoms with E-state index in [1.54, 1.807) is 0 Å². The fourth-order valence-corrected chi connectivity index (χ4v) is 3.94. The van der Waals surface area contributed by atoms with Gasteiger partial charge in [0.15, 0.2) is 0 Å². The van der Waals surface area contributed by atoms with Gasteiger partial charge in [-0.3, -0.25) is 4.79 Å². The van der Waals surface area contributed by atoms with Gasteiger partial charge in [0.1, 0.15) is 0 Å². The van der Waals surface area contributed by atoms with Crippen molar-refractivity contribution in [3.8, 4) is 0 Å². The molecule has 4 heteroatoms. The van der Waals surface area contributed by atoms with Gasteiger partial charge in [-0.05, 0) is 31.4 Å². The van der Waals surface area contributed by atoms with Crippen LogP contribution in [-0.4, -0.2) is 36.0 Å². The van der Waals surface area contributed by atoms with Crippen molar-refractivity contribution in [1.29, 1.82) is 0 Å². The molecule has 17 heavy (non-hydrogen) atoms. The predicted molar refractivity (Wildman–Crippen MR) is 73.4 cm³/mol. The third-order valence-corrected chi connectivity index (χ3v) is 5.05. The number of carbonyl (C=O) groups excluding carboxylic acids is 1. The first kappa shape index (κ1) is 13.2. The first-order valence-corrected chi connectivity index (χ1v) is 8.01. The van der Waals surface area contributed by atoms with Gasteiger partial charge in [-0.1, -0.05) is 19.3 Å². The average molecular weight is 256 g/mol. The number of hydrogen-bond acceptors (Lipinski definition) is 3. The number of amides is 1. The number of thioether (sulfide) groups is 1. The highest BCUT2D eigenvalue weighted by molar-refractivity contribution is 7.99. The molecule has 1 atom stereocenters. The number of hydrogen-bond donors (Lipinski definition) is 2. The van der Waals surface area contributed by atoms with E-state index in [1.165, 1.54) is 50.7 Å². The highest BCUT2D eigenvalue weighted by Gasteiger charge is 2.17. The van der Waals surface area contributed by atoms with Gasteiger partial charge in [-0.15, -0.1) is 0 Å². The molecule has 0 bridgehead atoms. The Kier molecular flexibility index (Phi) is 5.65. The highest BCUT2D eigenvalue weighted by Crippen LogP contribution is 2.24. The fraction of sp³-hybridized carbons (Fsp3) is 0.923. The lowest BCUT2D eigenvalue weighted by Gasteiger charge is -2.21. The van der Waals surface area contributed by atoms with Crippen LogP contribution >= 0.6 is 11.8 Å². The third-order valence-electron chi connectivity index (χ3n) is 3.65. The summed E-state index contributed by atoms with van der Waals surface area (Å²) < 4.78 is 0. The Hall–Kier alpha value is -0.220. The molecular weight excluding hydrogens is 232 g/mol. The van der Waals surface area contributed by atoms with Crippen molar-refractivity contribution in [2.24, 2.45) is 0 Å². The Morgan fingerprint density at radius 1 is 1.12 bits per heavy atom. The minimum absolute atomic E-state index is 0.178. The van der Waals surface area contributed by atoms with Gasteiger partial charge in [0, 0.05) is 17.8 Å². The molecule has 3 nitrogen and oxygen atoms in total. The molecule has 0 aromatic rings. The van der Waals surface area contributed by atoms with E-state index in [9.17, 15) is 4.79 Å². The Morgan fingerprint density at radius 3 is 2.59 bits per heavy atom. The second kappa shape index (κ2) is 7.27. The van der Waals surface area contributed by atoms with E-state index in [4.69, 9.17) is 0 Å². The zero-order valence-electron chi connectivity index (χ0n) is 10.5. The highest BCUT2D eigenvalue weighted by atomic mass is 32.2. The van der Waals surface area contributed by atoms with E-state index < -0.39 is 0 Å². The molecular formula is C13H24N2OS. The van der Waals surface area contributed by atoms with E-state index in [0.717, 1.165) is 11.8 Å². The van der Waals surface area contributed by atoms with E-state index in [-0.39, 0.29) is 5.91 Å². The van der Waals surface area contributed by atoms with Crippen molar-refractivity contribution in [1.82, 2.24) is 10.6 Å². The summed E-state index contributed by atoms with van der Waals surface area (Å²) >= 11 is 2.05. The maximum Gasteiger partial charge on any atom is 0.234 e. The molecule has 1 unspecified atom stereocenters. The summed E-state index contributed by atoms with van der Waals surface area (Å²) in [4.78, 5) is 11.7. The van der Waals surface area contributed by atoms with E-state index in [2.05, 4.69) is 22.4 Å². The molecule has 2 N–H and O–H groups in total. The molecule has 0 aromatic heterocycles. The van der Waals surface area contributed by atoms with Crippen LogP contribution in [0.4, 0.5) is 0 Å². The molecule has 2 rings (SSSR count). The van der Waals surface area contributed by atoms with Crippen molar-refractivity contribution >= 4 is 17.7 Å². The van der Waals surface area contributed by atoms with Crippen molar-refractivity contribution in [2.45, 2.75) is 56.2 Å². The summed E-state index contributed by atoms with van der Waals surface area (Å²) in [5, 5.41) is 7.13. The Morgan fingerprint density at radius 2 is 1.88 bits per heavy atom. The SMILES string of the molecule is O=C(CNCC1CCCCS1)NC1CCCC1. The fourth-order valence-electron chi connectivity index (χ4n) is 2.66. The quantitative estimate of drug-likeness (QED) is 0.789. The van der Waals surface area contributed by atoms with Crippen LogP contribution < -0.4 is 10.6 Å². The molecule has 0 radical (unpaired) electrons. The van der Waals surface area contributed by atoms with Crippen LogP contribution in [0.1, 0.15) is 44.9 Å². The Balaban J connectivity index is 1.53. The Labute approximate surface area is 108 Å². The van der Waals surface area contributed by atoms with Crippen LogP contribution in [0.5, 0.6) is 0 Å². The lowest BCUT2D eigenvalue weighted by atomic mass is 10.2. The molecule has 0 aromatic carbocycles. The summed E-state index contributed by atoms with van der Waals surface area (Å²) in [6.45, 7) is 1.48.